The molecule has 1 aromatic carbocycles. The lowest BCUT2D eigenvalue weighted by Gasteiger charge is -2.28. The fourth-order valence-corrected chi connectivity index (χ4v) is 4.54. The molecule has 33 heavy (non-hydrogen) atoms. The SMILES string of the molecule is CCN(CC)CCN1C(=O)C(=O)/C(=C(/O)c2c(C)nc3ccccn23)[C@H]1c1ccc(Cl)cc1. The summed E-state index contributed by atoms with van der Waals surface area (Å²) in [7, 11) is 0. The van der Waals surface area contributed by atoms with Gasteiger partial charge in [-0.2, -0.15) is 0 Å². The molecule has 7 nitrogen and oxygen atoms in total. The number of pyridine rings is 1. The van der Waals surface area contributed by atoms with E-state index in [1.165, 1.54) is 0 Å². The van der Waals surface area contributed by atoms with Crippen LogP contribution in [0, 0.1) is 6.92 Å². The van der Waals surface area contributed by atoms with Gasteiger partial charge in [-0.3, -0.25) is 14.0 Å². The molecule has 8 heteroatoms. The van der Waals surface area contributed by atoms with Gasteiger partial charge in [0.2, 0.25) is 0 Å². The summed E-state index contributed by atoms with van der Waals surface area (Å²) in [4.78, 5) is 34.6. The number of ketones is 1. The van der Waals surface area contributed by atoms with Crippen LogP contribution in [0.1, 0.15) is 36.8 Å². The molecule has 1 fully saturated rings. The van der Waals surface area contributed by atoms with E-state index in [0.717, 1.165) is 13.1 Å². The van der Waals surface area contributed by atoms with Crippen molar-refractivity contribution in [2.45, 2.75) is 26.8 Å². The highest BCUT2D eigenvalue weighted by molar-refractivity contribution is 6.46. The average Bonchev–Trinajstić information content (AvgIpc) is 3.28. The molecule has 0 radical (unpaired) electrons. The van der Waals surface area contributed by atoms with Crippen LogP contribution in [0.15, 0.2) is 54.2 Å². The Morgan fingerprint density at radius 3 is 2.48 bits per heavy atom. The van der Waals surface area contributed by atoms with E-state index < -0.39 is 17.7 Å². The van der Waals surface area contributed by atoms with Crippen molar-refractivity contribution >= 4 is 34.7 Å². The molecule has 0 saturated carbocycles. The number of aromatic nitrogens is 2. The van der Waals surface area contributed by atoms with Gasteiger partial charge in [0.1, 0.15) is 11.3 Å². The lowest BCUT2D eigenvalue weighted by Crippen LogP contribution is -2.38. The van der Waals surface area contributed by atoms with Crippen molar-refractivity contribution in [3.05, 3.63) is 76.2 Å². The fraction of sp³-hybridized carbons (Fsp3) is 0.320. The Morgan fingerprint density at radius 2 is 1.82 bits per heavy atom. The molecule has 1 amide bonds. The van der Waals surface area contributed by atoms with E-state index in [2.05, 4.69) is 23.7 Å². The molecule has 1 saturated heterocycles. The summed E-state index contributed by atoms with van der Waals surface area (Å²) in [6.07, 6.45) is 1.78. The van der Waals surface area contributed by atoms with Gasteiger partial charge in [0, 0.05) is 24.3 Å². The van der Waals surface area contributed by atoms with Crippen LogP contribution in [-0.4, -0.2) is 62.2 Å². The van der Waals surface area contributed by atoms with Crippen LogP contribution in [0.2, 0.25) is 5.02 Å². The van der Waals surface area contributed by atoms with Gasteiger partial charge in [-0.15, -0.1) is 0 Å². The highest BCUT2D eigenvalue weighted by atomic mass is 35.5. The summed E-state index contributed by atoms with van der Waals surface area (Å²) >= 11 is 6.09. The number of amides is 1. The molecule has 1 N–H and O–H groups in total. The molecule has 2 aromatic heterocycles. The number of nitrogens with zero attached hydrogens (tertiary/aromatic N) is 4. The van der Waals surface area contributed by atoms with E-state index in [-0.39, 0.29) is 11.3 Å². The van der Waals surface area contributed by atoms with Gasteiger partial charge in [-0.25, -0.2) is 4.98 Å². The Balaban J connectivity index is 1.87. The second kappa shape index (κ2) is 9.37. The first kappa shape index (κ1) is 23.0. The average molecular weight is 467 g/mol. The molecular weight excluding hydrogens is 440 g/mol. The second-order valence-corrected chi connectivity index (χ2v) is 8.48. The van der Waals surface area contributed by atoms with Crippen LogP contribution in [0.5, 0.6) is 0 Å². The lowest BCUT2D eigenvalue weighted by molar-refractivity contribution is -0.140. The maximum Gasteiger partial charge on any atom is 0.295 e. The van der Waals surface area contributed by atoms with Crippen LogP contribution in [0.3, 0.4) is 0 Å². The quantitative estimate of drug-likeness (QED) is 0.323. The monoisotopic (exact) mass is 466 g/mol. The predicted molar refractivity (Wildman–Crippen MR) is 128 cm³/mol. The molecule has 3 heterocycles. The van der Waals surface area contributed by atoms with Gasteiger partial charge in [0.25, 0.3) is 11.7 Å². The molecule has 0 unspecified atom stereocenters. The van der Waals surface area contributed by atoms with E-state index in [4.69, 9.17) is 11.6 Å². The molecule has 172 valence electrons. The molecule has 3 aromatic rings. The topological polar surface area (TPSA) is 78.2 Å². The van der Waals surface area contributed by atoms with Crippen LogP contribution in [0.25, 0.3) is 11.4 Å². The number of hydrogen-bond donors (Lipinski definition) is 1. The number of carbonyl (C=O) groups excluding carboxylic acids is 2. The van der Waals surface area contributed by atoms with Crippen molar-refractivity contribution in [2.75, 3.05) is 26.2 Å². The number of aliphatic hydroxyl groups is 1. The van der Waals surface area contributed by atoms with Crippen LogP contribution >= 0.6 is 11.6 Å². The molecule has 1 aliphatic heterocycles. The Hall–Kier alpha value is -3.16. The summed E-state index contributed by atoms with van der Waals surface area (Å²) in [6.45, 7) is 8.56. The number of fused-ring (bicyclic) bond motifs is 1. The largest absolute Gasteiger partial charge is 0.505 e. The number of carbonyl (C=O) groups is 2. The third kappa shape index (κ3) is 4.14. The molecule has 0 bridgehead atoms. The van der Waals surface area contributed by atoms with Gasteiger partial charge >= 0.3 is 0 Å². The summed E-state index contributed by atoms with van der Waals surface area (Å²) < 4.78 is 1.73. The zero-order chi connectivity index (χ0) is 23.7. The number of aryl methyl sites for hydroxylation is 1. The fourth-order valence-electron chi connectivity index (χ4n) is 4.42. The van der Waals surface area contributed by atoms with Crippen molar-refractivity contribution in [3.8, 4) is 0 Å². The number of likely N-dealkylation sites (tertiary alicyclic amines) is 1. The highest BCUT2D eigenvalue weighted by Crippen LogP contribution is 2.40. The van der Waals surface area contributed by atoms with Crippen molar-refractivity contribution in [3.63, 3.8) is 0 Å². The van der Waals surface area contributed by atoms with Crippen molar-refractivity contribution in [1.82, 2.24) is 19.2 Å². The maximum absolute atomic E-state index is 13.3. The minimum atomic E-state index is -0.716. The van der Waals surface area contributed by atoms with E-state index >= 15 is 0 Å². The summed E-state index contributed by atoms with van der Waals surface area (Å²) in [5, 5.41) is 12.0. The van der Waals surface area contributed by atoms with Gasteiger partial charge < -0.3 is 14.9 Å². The van der Waals surface area contributed by atoms with Crippen molar-refractivity contribution in [1.29, 1.82) is 0 Å². The molecule has 4 rings (SSSR count). The number of rotatable bonds is 7. The zero-order valence-corrected chi connectivity index (χ0v) is 19.7. The standard InChI is InChI=1S/C25H27ClN4O3/c1-4-28(5-2)14-15-30-22(17-9-11-18(26)12-10-17)20(24(32)25(30)33)23(31)21-16(3)27-19-8-6-7-13-29(19)21/h6-13,22,31H,4-5,14-15H2,1-3H3/b23-20+/t22-/m1/s1. The minimum Gasteiger partial charge on any atom is -0.505 e. The zero-order valence-electron chi connectivity index (χ0n) is 19.0. The van der Waals surface area contributed by atoms with Crippen LogP contribution < -0.4 is 0 Å². The molecule has 1 aliphatic rings. The number of halogens is 1. The summed E-state index contributed by atoms with van der Waals surface area (Å²) in [6, 6.07) is 11.8. The smallest absolute Gasteiger partial charge is 0.295 e. The normalized spacial score (nSPS) is 18.1. The first-order valence-electron chi connectivity index (χ1n) is 11.1. The van der Waals surface area contributed by atoms with Crippen LogP contribution in [-0.2, 0) is 9.59 Å². The van der Waals surface area contributed by atoms with Gasteiger partial charge in [0.15, 0.2) is 5.76 Å². The number of benzene rings is 1. The van der Waals surface area contributed by atoms with Crippen LogP contribution in [0.4, 0.5) is 0 Å². The molecule has 1 atom stereocenters. The number of aliphatic hydroxyl groups excluding tert-OH is 1. The first-order valence-corrected chi connectivity index (χ1v) is 11.4. The van der Waals surface area contributed by atoms with E-state index in [1.54, 1.807) is 46.7 Å². The summed E-state index contributed by atoms with van der Waals surface area (Å²) in [5.41, 5.74) is 2.41. The second-order valence-electron chi connectivity index (χ2n) is 8.05. The third-order valence-corrected chi connectivity index (χ3v) is 6.46. The number of imidazole rings is 1. The predicted octanol–water partition coefficient (Wildman–Crippen LogP) is 4.06. The van der Waals surface area contributed by atoms with Gasteiger partial charge in [-0.1, -0.05) is 43.6 Å². The van der Waals surface area contributed by atoms with Crippen molar-refractivity contribution in [2.24, 2.45) is 0 Å². The number of hydrogen-bond acceptors (Lipinski definition) is 5. The minimum absolute atomic E-state index is 0.0654. The molecule has 0 spiro atoms. The van der Waals surface area contributed by atoms with Gasteiger partial charge in [0.05, 0.1) is 17.3 Å². The lowest BCUT2D eigenvalue weighted by atomic mass is 9.96. The number of Topliss-reactive ketones (excluding diaryl/α,β-unsaturated/α-hetero) is 1. The Labute approximate surface area is 197 Å². The van der Waals surface area contributed by atoms with E-state index in [1.807, 2.05) is 18.2 Å². The van der Waals surface area contributed by atoms with E-state index in [0.29, 0.717) is 40.7 Å². The Bertz CT molecular complexity index is 1230. The highest BCUT2D eigenvalue weighted by Gasteiger charge is 2.46. The van der Waals surface area contributed by atoms with E-state index in [9.17, 15) is 14.7 Å². The Kier molecular flexibility index (Phi) is 6.54. The Morgan fingerprint density at radius 1 is 1.12 bits per heavy atom. The first-order chi connectivity index (χ1) is 15.9. The molecular formula is C25H27ClN4O3. The maximum atomic E-state index is 13.3. The molecule has 0 aliphatic carbocycles. The van der Waals surface area contributed by atoms with Crippen molar-refractivity contribution < 1.29 is 14.7 Å². The third-order valence-electron chi connectivity index (χ3n) is 6.21. The van der Waals surface area contributed by atoms with Gasteiger partial charge in [-0.05, 0) is 49.8 Å². The number of likely N-dealkylation sites (N-methyl/N-ethyl adjacent to an activating group) is 1. The summed E-state index contributed by atoms with van der Waals surface area (Å²) in [5.74, 6) is -1.54.